The van der Waals surface area contributed by atoms with E-state index in [2.05, 4.69) is 10.3 Å². The van der Waals surface area contributed by atoms with Crippen LogP contribution in [0, 0.1) is 22.7 Å². The highest BCUT2D eigenvalue weighted by Gasteiger charge is 2.12. The van der Waals surface area contributed by atoms with Crippen LogP contribution in [0.15, 0.2) is 35.4 Å². The van der Waals surface area contributed by atoms with Crippen molar-refractivity contribution < 1.29 is 4.79 Å². The molecule has 120 valence electrons. The molecule has 1 aromatic carbocycles. The number of nitrogens with one attached hydrogen (secondary N) is 1. The number of rotatable bonds is 5. The van der Waals surface area contributed by atoms with Crippen molar-refractivity contribution in [1.29, 1.82) is 10.5 Å². The Hall–Kier alpha value is -3.03. The average Bonchev–Trinajstić information content (AvgIpc) is 2.60. The number of nitrogen functional groups attached to an aromatic ring is 1. The minimum atomic E-state index is -0.207. The first kappa shape index (κ1) is 17.3. The molecule has 7 heteroatoms. The molecule has 2 aromatic rings. The number of amides is 1. The first-order valence-electron chi connectivity index (χ1n) is 7.19. The van der Waals surface area contributed by atoms with Crippen LogP contribution in [0.1, 0.15) is 23.6 Å². The van der Waals surface area contributed by atoms with E-state index in [9.17, 15) is 4.79 Å². The predicted octanol–water partition coefficient (Wildman–Crippen LogP) is 2.70. The van der Waals surface area contributed by atoms with Crippen molar-refractivity contribution in [2.45, 2.75) is 18.4 Å². The fourth-order valence-electron chi connectivity index (χ4n) is 1.99. The Labute approximate surface area is 144 Å². The topological polar surface area (TPSA) is 116 Å². The van der Waals surface area contributed by atoms with Gasteiger partial charge >= 0.3 is 0 Å². The molecule has 0 radical (unpaired) electrons. The number of thioether (sulfide) groups is 1. The second-order valence-electron chi connectivity index (χ2n) is 4.89. The highest BCUT2D eigenvalue weighted by Crippen LogP contribution is 2.24. The summed E-state index contributed by atoms with van der Waals surface area (Å²) in [6.45, 7) is 2.04. The molecule has 3 N–H and O–H groups in total. The maximum Gasteiger partial charge on any atom is 0.234 e. The summed E-state index contributed by atoms with van der Waals surface area (Å²) in [7, 11) is 0. The number of carbonyl (C=O) groups is 1. The summed E-state index contributed by atoms with van der Waals surface area (Å²) in [4.78, 5) is 16.1. The zero-order valence-electron chi connectivity index (χ0n) is 13.0. The number of aromatic nitrogens is 1. The number of anilines is 2. The maximum absolute atomic E-state index is 12.1. The second-order valence-corrected chi connectivity index (χ2v) is 5.85. The van der Waals surface area contributed by atoms with Crippen molar-refractivity contribution in [1.82, 2.24) is 4.98 Å². The smallest absolute Gasteiger partial charge is 0.234 e. The number of nitrogens with two attached hydrogens (primary N) is 1. The Morgan fingerprint density at radius 1 is 1.29 bits per heavy atom. The molecule has 0 atom stereocenters. The molecular weight excluding hydrogens is 322 g/mol. The van der Waals surface area contributed by atoms with Gasteiger partial charge in [-0.05, 0) is 30.2 Å². The van der Waals surface area contributed by atoms with Crippen LogP contribution >= 0.6 is 11.8 Å². The number of hydrogen-bond donors (Lipinski definition) is 2. The third kappa shape index (κ3) is 4.25. The molecule has 1 heterocycles. The standard InChI is InChI=1S/C17H15N5OS/c1-2-11-4-3-5-14(6-11)21-15(23)10-24-17-13(9-19)7-12(8-18)16(20)22-17/h3-7H,2,10H2,1H3,(H2,20,22)(H,21,23). The number of nitriles is 2. The van der Waals surface area contributed by atoms with Crippen molar-refractivity contribution >= 4 is 29.2 Å². The van der Waals surface area contributed by atoms with Gasteiger partial charge in [0.05, 0.1) is 16.9 Å². The molecular formula is C17H15N5OS. The van der Waals surface area contributed by atoms with Crippen LogP contribution in [-0.2, 0) is 11.2 Å². The normalized spacial score (nSPS) is 9.79. The predicted molar refractivity (Wildman–Crippen MR) is 93.3 cm³/mol. The largest absolute Gasteiger partial charge is 0.383 e. The van der Waals surface area contributed by atoms with Crippen molar-refractivity contribution in [3.8, 4) is 12.1 Å². The average molecular weight is 337 g/mol. The highest BCUT2D eigenvalue weighted by atomic mass is 32.2. The highest BCUT2D eigenvalue weighted by molar-refractivity contribution is 8.00. The molecule has 1 aromatic heterocycles. The van der Waals surface area contributed by atoms with Gasteiger partial charge < -0.3 is 11.1 Å². The molecule has 6 nitrogen and oxygen atoms in total. The van der Waals surface area contributed by atoms with Gasteiger partial charge in [-0.15, -0.1) is 0 Å². The molecule has 0 fully saturated rings. The van der Waals surface area contributed by atoms with Gasteiger partial charge in [0, 0.05) is 5.69 Å². The fourth-order valence-corrected chi connectivity index (χ4v) is 2.75. The molecule has 24 heavy (non-hydrogen) atoms. The molecule has 0 unspecified atom stereocenters. The summed E-state index contributed by atoms with van der Waals surface area (Å²) in [5.74, 6) is -0.0689. The van der Waals surface area contributed by atoms with Crippen LogP contribution in [-0.4, -0.2) is 16.6 Å². The monoisotopic (exact) mass is 337 g/mol. The summed E-state index contributed by atoms with van der Waals surface area (Å²) in [5.41, 5.74) is 7.90. The molecule has 0 spiro atoms. The number of pyridine rings is 1. The van der Waals surface area contributed by atoms with Crippen LogP contribution in [0.5, 0.6) is 0 Å². The fraction of sp³-hybridized carbons (Fsp3) is 0.176. The lowest BCUT2D eigenvalue weighted by Gasteiger charge is -2.08. The molecule has 0 saturated carbocycles. The Morgan fingerprint density at radius 3 is 2.71 bits per heavy atom. The molecule has 2 rings (SSSR count). The molecule has 0 aliphatic heterocycles. The lowest BCUT2D eigenvalue weighted by Crippen LogP contribution is -2.14. The van der Waals surface area contributed by atoms with Gasteiger partial charge in [-0.2, -0.15) is 10.5 Å². The summed E-state index contributed by atoms with van der Waals surface area (Å²) in [5, 5.41) is 21.2. The molecule has 0 aliphatic carbocycles. The van der Waals surface area contributed by atoms with E-state index >= 15 is 0 Å². The second kappa shape index (κ2) is 8.00. The first-order valence-corrected chi connectivity index (χ1v) is 8.18. The summed E-state index contributed by atoms with van der Waals surface area (Å²) >= 11 is 1.11. The third-order valence-electron chi connectivity index (χ3n) is 3.22. The van der Waals surface area contributed by atoms with Gasteiger partial charge in [0.1, 0.15) is 23.0 Å². The van der Waals surface area contributed by atoms with E-state index in [1.54, 1.807) is 0 Å². The van der Waals surface area contributed by atoms with Crippen LogP contribution in [0.25, 0.3) is 0 Å². The van der Waals surface area contributed by atoms with Crippen LogP contribution in [0.2, 0.25) is 0 Å². The molecule has 1 amide bonds. The number of nitrogens with zero attached hydrogens (tertiary/aromatic N) is 3. The van der Waals surface area contributed by atoms with Crippen LogP contribution in [0.3, 0.4) is 0 Å². The van der Waals surface area contributed by atoms with Gasteiger partial charge in [-0.25, -0.2) is 4.98 Å². The SMILES string of the molecule is CCc1cccc(NC(=O)CSc2nc(N)c(C#N)cc2C#N)c1. The van der Waals surface area contributed by atoms with Crippen molar-refractivity contribution in [2.75, 3.05) is 16.8 Å². The van der Waals surface area contributed by atoms with E-state index in [0.717, 1.165) is 29.4 Å². The van der Waals surface area contributed by atoms with Gasteiger partial charge in [-0.3, -0.25) is 4.79 Å². The minimum Gasteiger partial charge on any atom is -0.383 e. The Morgan fingerprint density at radius 2 is 2.04 bits per heavy atom. The zero-order valence-corrected chi connectivity index (χ0v) is 13.9. The van der Waals surface area contributed by atoms with E-state index in [-0.39, 0.29) is 28.6 Å². The van der Waals surface area contributed by atoms with E-state index < -0.39 is 0 Å². The van der Waals surface area contributed by atoms with Gasteiger partial charge in [0.25, 0.3) is 0 Å². The summed E-state index contributed by atoms with van der Waals surface area (Å²) in [6, 6.07) is 12.8. The van der Waals surface area contributed by atoms with Crippen molar-refractivity contribution in [3.63, 3.8) is 0 Å². The Bertz CT molecular complexity index is 851. The minimum absolute atomic E-state index is 0.0510. The van der Waals surface area contributed by atoms with E-state index in [0.29, 0.717) is 5.03 Å². The lowest BCUT2D eigenvalue weighted by atomic mass is 10.1. The number of hydrogen-bond acceptors (Lipinski definition) is 6. The summed E-state index contributed by atoms with van der Waals surface area (Å²) < 4.78 is 0. The van der Waals surface area contributed by atoms with Gasteiger partial charge in [0.2, 0.25) is 5.91 Å². The van der Waals surface area contributed by atoms with E-state index in [1.807, 2.05) is 43.3 Å². The number of carbonyl (C=O) groups excluding carboxylic acids is 1. The maximum atomic E-state index is 12.1. The van der Waals surface area contributed by atoms with E-state index in [4.69, 9.17) is 16.3 Å². The van der Waals surface area contributed by atoms with Crippen LogP contribution in [0.4, 0.5) is 11.5 Å². The summed E-state index contributed by atoms with van der Waals surface area (Å²) in [6.07, 6.45) is 0.887. The Kier molecular flexibility index (Phi) is 5.78. The molecule has 0 saturated heterocycles. The first-order chi connectivity index (χ1) is 11.6. The zero-order chi connectivity index (χ0) is 17.5. The third-order valence-corrected chi connectivity index (χ3v) is 4.21. The van der Waals surface area contributed by atoms with Crippen molar-refractivity contribution in [3.05, 3.63) is 47.0 Å². The quantitative estimate of drug-likeness (QED) is 0.810. The molecule has 0 bridgehead atoms. The molecule has 0 aliphatic rings. The van der Waals surface area contributed by atoms with Gasteiger partial charge in [-0.1, -0.05) is 30.8 Å². The number of aryl methyl sites for hydroxylation is 1. The van der Waals surface area contributed by atoms with E-state index in [1.165, 1.54) is 6.07 Å². The van der Waals surface area contributed by atoms with Crippen LogP contribution < -0.4 is 11.1 Å². The Balaban J connectivity index is 2.05. The van der Waals surface area contributed by atoms with Crippen molar-refractivity contribution in [2.24, 2.45) is 0 Å². The van der Waals surface area contributed by atoms with Gasteiger partial charge in [0.15, 0.2) is 0 Å². The number of benzene rings is 1. The lowest BCUT2D eigenvalue weighted by molar-refractivity contribution is -0.113.